The topological polar surface area (TPSA) is 105 Å². The van der Waals surface area contributed by atoms with Gasteiger partial charge in [0.25, 0.3) is 5.69 Å². The van der Waals surface area contributed by atoms with Gasteiger partial charge < -0.3 is 10.4 Å². The summed E-state index contributed by atoms with van der Waals surface area (Å²) >= 11 is 0. The van der Waals surface area contributed by atoms with Crippen LogP contribution in [0.2, 0.25) is 0 Å². The first kappa shape index (κ1) is 13.9. The number of hydrogen-bond acceptors (Lipinski definition) is 5. The van der Waals surface area contributed by atoms with Gasteiger partial charge in [-0.2, -0.15) is 0 Å². The average molecular weight is 253 g/mol. The lowest BCUT2D eigenvalue weighted by Gasteiger charge is -2.05. The fraction of sp³-hybridized carbons (Fsp3) is 0.455. The van der Waals surface area contributed by atoms with Crippen molar-refractivity contribution in [1.29, 1.82) is 0 Å². The van der Waals surface area contributed by atoms with Gasteiger partial charge in [-0.15, -0.1) is 0 Å². The van der Waals surface area contributed by atoms with Crippen LogP contribution in [0.15, 0.2) is 12.1 Å². The van der Waals surface area contributed by atoms with E-state index < -0.39 is 10.9 Å². The number of unbranched alkanes of at least 4 members (excludes halogenated alkanes) is 1. The zero-order valence-corrected chi connectivity index (χ0v) is 10.0. The second kappa shape index (κ2) is 6.53. The van der Waals surface area contributed by atoms with Gasteiger partial charge in [0.05, 0.1) is 4.92 Å². The fourth-order valence-electron chi connectivity index (χ4n) is 1.46. The molecule has 1 aromatic heterocycles. The number of rotatable bonds is 7. The maximum absolute atomic E-state index is 10.6. The second-order valence-corrected chi connectivity index (χ2v) is 3.84. The SMILES string of the molecule is Cc1nc(NCCCCC(=O)O)ccc1[N+](=O)[O-]. The first-order chi connectivity index (χ1) is 8.50. The summed E-state index contributed by atoms with van der Waals surface area (Å²) < 4.78 is 0. The third-order valence-corrected chi connectivity index (χ3v) is 2.38. The molecule has 0 saturated heterocycles. The van der Waals surface area contributed by atoms with Gasteiger partial charge in [0, 0.05) is 19.0 Å². The van der Waals surface area contributed by atoms with Crippen molar-refractivity contribution in [2.45, 2.75) is 26.2 Å². The molecule has 0 aliphatic rings. The smallest absolute Gasteiger partial charge is 0.303 e. The number of anilines is 1. The minimum Gasteiger partial charge on any atom is -0.481 e. The van der Waals surface area contributed by atoms with Crippen molar-refractivity contribution in [3.05, 3.63) is 27.9 Å². The summed E-state index contributed by atoms with van der Waals surface area (Å²) in [7, 11) is 0. The van der Waals surface area contributed by atoms with E-state index in [1.54, 1.807) is 13.0 Å². The van der Waals surface area contributed by atoms with Crippen molar-refractivity contribution in [2.24, 2.45) is 0 Å². The Labute approximate surface area is 104 Å². The molecule has 1 heterocycles. The van der Waals surface area contributed by atoms with Crippen molar-refractivity contribution < 1.29 is 14.8 Å². The van der Waals surface area contributed by atoms with Gasteiger partial charge in [-0.25, -0.2) is 4.98 Å². The van der Waals surface area contributed by atoms with Crippen LogP contribution in [0.3, 0.4) is 0 Å². The summed E-state index contributed by atoms with van der Waals surface area (Å²) in [6, 6.07) is 2.95. The number of nitrogens with zero attached hydrogens (tertiary/aromatic N) is 2. The van der Waals surface area contributed by atoms with Crippen molar-refractivity contribution in [2.75, 3.05) is 11.9 Å². The average Bonchev–Trinajstić information content (AvgIpc) is 2.27. The Bertz CT molecular complexity index is 448. The van der Waals surface area contributed by atoms with Crippen molar-refractivity contribution in [3.8, 4) is 0 Å². The number of nitrogens with one attached hydrogen (secondary N) is 1. The molecule has 0 fully saturated rings. The number of pyridine rings is 1. The first-order valence-electron chi connectivity index (χ1n) is 5.58. The normalized spacial score (nSPS) is 10.1. The molecule has 7 nitrogen and oxygen atoms in total. The highest BCUT2D eigenvalue weighted by atomic mass is 16.6. The van der Waals surface area contributed by atoms with Gasteiger partial charge >= 0.3 is 5.97 Å². The number of carboxylic acids is 1. The van der Waals surface area contributed by atoms with E-state index in [-0.39, 0.29) is 12.1 Å². The Balaban J connectivity index is 2.42. The van der Waals surface area contributed by atoms with Crippen LogP contribution in [-0.4, -0.2) is 27.5 Å². The Morgan fingerprint density at radius 2 is 2.22 bits per heavy atom. The Morgan fingerprint density at radius 3 is 2.78 bits per heavy atom. The van der Waals surface area contributed by atoms with Crippen LogP contribution >= 0.6 is 0 Å². The molecule has 98 valence electrons. The molecule has 1 aromatic rings. The minimum atomic E-state index is -0.806. The van der Waals surface area contributed by atoms with Gasteiger partial charge in [0.1, 0.15) is 11.5 Å². The lowest BCUT2D eigenvalue weighted by molar-refractivity contribution is -0.385. The second-order valence-electron chi connectivity index (χ2n) is 3.84. The van der Waals surface area contributed by atoms with Crippen LogP contribution in [0, 0.1) is 17.0 Å². The molecule has 1 rings (SSSR count). The maximum atomic E-state index is 10.6. The van der Waals surface area contributed by atoms with E-state index in [9.17, 15) is 14.9 Å². The van der Waals surface area contributed by atoms with Crippen LogP contribution in [0.5, 0.6) is 0 Å². The van der Waals surface area contributed by atoms with E-state index >= 15 is 0 Å². The van der Waals surface area contributed by atoms with E-state index in [0.29, 0.717) is 30.9 Å². The molecule has 0 radical (unpaired) electrons. The Morgan fingerprint density at radius 1 is 1.50 bits per heavy atom. The lowest BCUT2D eigenvalue weighted by Crippen LogP contribution is -2.06. The van der Waals surface area contributed by atoms with Gasteiger partial charge in [0.15, 0.2) is 0 Å². The number of nitro groups is 1. The third kappa shape index (κ3) is 4.36. The number of aromatic nitrogens is 1. The molecule has 7 heteroatoms. The molecule has 0 aliphatic carbocycles. The van der Waals surface area contributed by atoms with Gasteiger partial charge in [-0.05, 0) is 25.8 Å². The van der Waals surface area contributed by atoms with E-state index in [0.717, 1.165) is 0 Å². The molecular weight excluding hydrogens is 238 g/mol. The highest BCUT2D eigenvalue weighted by molar-refractivity contribution is 5.66. The first-order valence-corrected chi connectivity index (χ1v) is 5.58. The molecule has 0 aromatic carbocycles. The number of aryl methyl sites for hydroxylation is 1. The fourth-order valence-corrected chi connectivity index (χ4v) is 1.46. The quantitative estimate of drug-likeness (QED) is 0.437. The zero-order chi connectivity index (χ0) is 13.5. The minimum absolute atomic E-state index is 0.00794. The highest BCUT2D eigenvalue weighted by Gasteiger charge is 2.11. The summed E-state index contributed by atoms with van der Waals surface area (Å²) in [5.74, 6) is -0.243. The number of carbonyl (C=O) groups is 1. The van der Waals surface area contributed by atoms with Crippen LogP contribution in [-0.2, 0) is 4.79 Å². The predicted octanol–water partition coefficient (Wildman–Crippen LogP) is 1.97. The van der Waals surface area contributed by atoms with Crippen LogP contribution in [0.1, 0.15) is 25.0 Å². The monoisotopic (exact) mass is 253 g/mol. The van der Waals surface area contributed by atoms with Gasteiger partial charge in [-0.3, -0.25) is 14.9 Å². The summed E-state index contributed by atoms with van der Waals surface area (Å²) in [6.45, 7) is 2.17. The van der Waals surface area contributed by atoms with Crippen LogP contribution in [0.25, 0.3) is 0 Å². The summed E-state index contributed by atoms with van der Waals surface area (Å²) in [5, 5.41) is 22.0. The summed E-state index contributed by atoms with van der Waals surface area (Å²) in [4.78, 5) is 24.5. The third-order valence-electron chi connectivity index (χ3n) is 2.38. The predicted molar refractivity (Wildman–Crippen MR) is 65.6 cm³/mol. The number of aliphatic carboxylic acids is 1. The Kier molecular flexibility index (Phi) is 5.04. The van der Waals surface area contributed by atoms with Gasteiger partial charge in [-0.1, -0.05) is 0 Å². The van der Waals surface area contributed by atoms with E-state index in [1.807, 2.05) is 0 Å². The standard InChI is InChI=1S/C11H15N3O4/c1-8-9(14(17)18)5-6-10(13-8)12-7-3-2-4-11(15)16/h5-6H,2-4,7H2,1H3,(H,12,13)(H,15,16). The lowest BCUT2D eigenvalue weighted by atomic mass is 10.2. The maximum Gasteiger partial charge on any atom is 0.303 e. The molecule has 0 unspecified atom stereocenters. The van der Waals surface area contributed by atoms with E-state index in [1.165, 1.54) is 6.07 Å². The van der Waals surface area contributed by atoms with Crippen LogP contribution < -0.4 is 5.32 Å². The van der Waals surface area contributed by atoms with Gasteiger partial charge in [0.2, 0.25) is 0 Å². The van der Waals surface area contributed by atoms with E-state index in [4.69, 9.17) is 5.11 Å². The number of hydrogen-bond donors (Lipinski definition) is 2. The molecule has 0 saturated carbocycles. The molecule has 0 spiro atoms. The number of carboxylic acid groups (broad SMARTS) is 1. The zero-order valence-electron chi connectivity index (χ0n) is 10.0. The summed E-state index contributed by atoms with van der Waals surface area (Å²) in [6.07, 6.45) is 1.45. The van der Waals surface area contributed by atoms with Crippen molar-refractivity contribution in [1.82, 2.24) is 4.98 Å². The molecular formula is C11H15N3O4. The van der Waals surface area contributed by atoms with E-state index in [2.05, 4.69) is 10.3 Å². The van der Waals surface area contributed by atoms with Crippen molar-refractivity contribution >= 4 is 17.5 Å². The summed E-state index contributed by atoms with van der Waals surface area (Å²) in [5.41, 5.74) is 0.349. The highest BCUT2D eigenvalue weighted by Crippen LogP contribution is 2.17. The molecule has 0 aliphatic heterocycles. The molecule has 0 atom stereocenters. The molecule has 2 N–H and O–H groups in total. The molecule has 18 heavy (non-hydrogen) atoms. The molecule has 0 amide bonds. The largest absolute Gasteiger partial charge is 0.481 e. The van der Waals surface area contributed by atoms with Crippen LogP contribution in [0.4, 0.5) is 11.5 Å². The van der Waals surface area contributed by atoms with Crippen molar-refractivity contribution in [3.63, 3.8) is 0 Å². The molecule has 0 bridgehead atoms. The Hall–Kier alpha value is -2.18.